The predicted octanol–water partition coefficient (Wildman–Crippen LogP) is 6.71. The zero-order chi connectivity index (χ0) is 18.0. The lowest BCUT2D eigenvalue weighted by Gasteiger charge is -2.36. The van der Waals surface area contributed by atoms with Gasteiger partial charge in [-0.05, 0) is 48.8 Å². The quantitative estimate of drug-likeness (QED) is 0.341. The minimum absolute atomic E-state index is 0.141. The Morgan fingerprint density at radius 2 is 1.46 bits per heavy atom. The van der Waals surface area contributed by atoms with Crippen LogP contribution in [0.3, 0.4) is 0 Å². The summed E-state index contributed by atoms with van der Waals surface area (Å²) in [5, 5.41) is 10.1. The molecule has 0 amide bonds. The van der Waals surface area contributed by atoms with Crippen LogP contribution in [0.5, 0.6) is 5.75 Å². The number of aryl methyl sites for hydroxylation is 1. The molecular weight excluding hydrogens is 296 g/mol. The Morgan fingerprint density at radius 3 is 1.96 bits per heavy atom. The summed E-state index contributed by atoms with van der Waals surface area (Å²) in [4.78, 5) is 11.4. The summed E-state index contributed by atoms with van der Waals surface area (Å²) in [7, 11) is 0. The number of benzene rings is 1. The molecule has 0 aromatic heterocycles. The lowest BCUT2D eigenvalue weighted by atomic mass is 9.69. The largest absolute Gasteiger partial charge is 0.507 e. The van der Waals surface area contributed by atoms with Crippen molar-refractivity contribution < 1.29 is 9.90 Å². The van der Waals surface area contributed by atoms with Crippen molar-refractivity contribution in [1.29, 1.82) is 0 Å². The highest BCUT2D eigenvalue weighted by atomic mass is 16.3. The van der Waals surface area contributed by atoms with E-state index in [9.17, 15) is 9.90 Å². The second-order valence-corrected chi connectivity index (χ2v) is 7.29. The summed E-state index contributed by atoms with van der Waals surface area (Å²) in [6.07, 6.45) is 12.9. The van der Waals surface area contributed by atoms with Crippen molar-refractivity contribution in [3.05, 3.63) is 28.8 Å². The van der Waals surface area contributed by atoms with Crippen LogP contribution >= 0.6 is 0 Å². The van der Waals surface area contributed by atoms with Gasteiger partial charge in [-0.15, -0.1) is 0 Å². The number of carbonyl (C=O) groups excluding carboxylic acids is 1. The summed E-state index contributed by atoms with van der Waals surface area (Å²) in [6.45, 7) is 8.64. The van der Waals surface area contributed by atoms with Crippen LogP contribution < -0.4 is 0 Å². The number of hydrogen-bond donors (Lipinski definition) is 1. The van der Waals surface area contributed by atoms with Gasteiger partial charge in [0.05, 0.1) is 5.56 Å². The van der Waals surface area contributed by atoms with Gasteiger partial charge in [-0.2, -0.15) is 0 Å². The monoisotopic (exact) mass is 332 g/mol. The molecule has 2 nitrogen and oxygen atoms in total. The fourth-order valence-electron chi connectivity index (χ4n) is 3.75. The van der Waals surface area contributed by atoms with Gasteiger partial charge in [-0.25, -0.2) is 0 Å². The second-order valence-electron chi connectivity index (χ2n) is 7.29. The van der Waals surface area contributed by atoms with Crippen molar-refractivity contribution in [2.75, 3.05) is 0 Å². The van der Waals surface area contributed by atoms with Gasteiger partial charge in [-0.1, -0.05) is 71.8 Å². The standard InChI is InChI=1S/C22H36O2/c1-5-8-11-14-22(12-9-6-2,13-10-7-3)20-15-18(4)21(24)19(16-20)17-23/h15-17,24H,5-14H2,1-4H3. The molecule has 2 heteroatoms. The molecule has 0 saturated heterocycles. The lowest BCUT2D eigenvalue weighted by Crippen LogP contribution is -2.27. The van der Waals surface area contributed by atoms with Gasteiger partial charge in [0, 0.05) is 0 Å². The second kappa shape index (κ2) is 10.5. The van der Waals surface area contributed by atoms with Gasteiger partial charge < -0.3 is 5.11 Å². The minimum Gasteiger partial charge on any atom is -0.507 e. The Labute approximate surface area is 148 Å². The highest BCUT2D eigenvalue weighted by molar-refractivity contribution is 5.80. The van der Waals surface area contributed by atoms with E-state index < -0.39 is 0 Å². The van der Waals surface area contributed by atoms with E-state index in [0.717, 1.165) is 11.8 Å². The van der Waals surface area contributed by atoms with Crippen molar-refractivity contribution in [3.8, 4) is 5.75 Å². The third kappa shape index (κ3) is 5.36. The summed E-state index contributed by atoms with van der Waals surface area (Å²) < 4.78 is 0. The number of aromatic hydroxyl groups is 1. The molecule has 1 N–H and O–H groups in total. The molecule has 0 saturated carbocycles. The zero-order valence-corrected chi connectivity index (χ0v) is 16.2. The van der Waals surface area contributed by atoms with Crippen molar-refractivity contribution in [2.24, 2.45) is 0 Å². The number of rotatable bonds is 12. The molecule has 0 spiro atoms. The maximum atomic E-state index is 11.4. The van der Waals surface area contributed by atoms with E-state index in [1.54, 1.807) is 0 Å². The van der Waals surface area contributed by atoms with E-state index in [4.69, 9.17) is 0 Å². The van der Waals surface area contributed by atoms with E-state index >= 15 is 0 Å². The highest BCUT2D eigenvalue weighted by Gasteiger charge is 2.31. The molecule has 0 bridgehead atoms. The first kappa shape index (κ1) is 20.7. The van der Waals surface area contributed by atoms with Crippen LogP contribution in [0.1, 0.15) is 106 Å². The van der Waals surface area contributed by atoms with Gasteiger partial charge in [0.25, 0.3) is 0 Å². The molecule has 0 aliphatic carbocycles. The summed E-state index contributed by atoms with van der Waals surface area (Å²) in [6, 6.07) is 4.08. The van der Waals surface area contributed by atoms with E-state index in [1.807, 2.05) is 13.0 Å². The molecule has 0 aliphatic rings. The van der Waals surface area contributed by atoms with E-state index in [1.165, 1.54) is 69.8 Å². The Bertz CT molecular complexity index is 497. The predicted molar refractivity (Wildman–Crippen MR) is 103 cm³/mol. The molecule has 0 aliphatic heterocycles. The molecular formula is C22H36O2. The molecule has 1 aromatic carbocycles. The van der Waals surface area contributed by atoms with Crippen molar-refractivity contribution >= 4 is 6.29 Å². The number of hydrogen-bond acceptors (Lipinski definition) is 2. The Balaban J connectivity index is 3.30. The molecule has 0 heterocycles. The molecule has 1 rings (SSSR count). The van der Waals surface area contributed by atoms with Crippen molar-refractivity contribution in [1.82, 2.24) is 0 Å². The van der Waals surface area contributed by atoms with Gasteiger partial charge in [0.2, 0.25) is 0 Å². The summed E-state index contributed by atoms with van der Waals surface area (Å²) in [5.41, 5.74) is 2.68. The van der Waals surface area contributed by atoms with E-state index in [0.29, 0.717) is 5.56 Å². The molecule has 0 fully saturated rings. The fourth-order valence-corrected chi connectivity index (χ4v) is 3.75. The SMILES string of the molecule is CCCCCC(CCCC)(CCCC)c1cc(C)c(O)c(C=O)c1. The number of aldehydes is 1. The maximum Gasteiger partial charge on any atom is 0.153 e. The molecule has 136 valence electrons. The summed E-state index contributed by atoms with van der Waals surface area (Å²) >= 11 is 0. The molecule has 0 radical (unpaired) electrons. The maximum absolute atomic E-state index is 11.4. The number of phenols is 1. The Kier molecular flexibility index (Phi) is 9.10. The van der Waals surface area contributed by atoms with Crippen LogP contribution in [0.4, 0.5) is 0 Å². The third-order valence-electron chi connectivity index (χ3n) is 5.35. The molecule has 1 aromatic rings. The summed E-state index contributed by atoms with van der Waals surface area (Å²) in [5.74, 6) is 0.141. The van der Waals surface area contributed by atoms with Crippen LogP contribution in [0.15, 0.2) is 12.1 Å². The molecule has 0 unspecified atom stereocenters. The fraction of sp³-hybridized carbons (Fsp3) is 0.682. The van der Waals surface area contributed by atoms with E-state index in [-0.39, 0.29) is 11.2 Å². The Morgan fingerprint density at radius 1 is 0.917 bits per heavy atom. The number of unbranched alkanes of at least 4 members (excludes halogenated alkanes) is 4. The Hall–Kier alpha value is -1.31. The zero-order valence-electron chi connectivity index (χ0n) is 16.2. The van der Waals surface area contributed by atoms with Crippen LogP contribution in [-0.4, -0.2) is 11.4 Å². The van der Waals surface area contributed by atoms with E-state index in [2.05, 4.69) is 26.8 Å². The van der Waals surface area contributed by atoms with Gasteiger partial charge in [0.15, 0.2) is 6.29 Å². The first-order chi connectivity index (χ1) is 11.5. The smallest absolute Gasteiger partial charge is 0.153 e. The number of carbonyl (C=O) groups is 1. The van der Waals surface area contributed by atoms with Crippen molar-refractivity contribution in [3.63, 3.8) is 0 Å². The first-order valence-corrected chi connectivity index (χ1v) is 9.83. The third-order valence-corrected chi connectivity index (χ3v) is 5.35. The van der Waals surface area contributed by atoms with Crippen LogP contribution in [0, 0.1) is 6.92 Å². The van der Waals surface area contributed by atoms with Gasteiger partial charge >= 0.3 is 0 Å². The normalized spacial score (nSPS) is 11.7. The van der Waals surface area contributed by atoms with Crippen LogP contribution in [0.25, 0.3) is 0 Å². The van der Waals surface area contributed by atoms with Crippen molar-refractivity contribution in [2.45, 2.75) is 97.3 Å². The first-order valence-electron chi connectivity index (χ1n) is 9.83. The van der Waals surface area contributed by atoms with Crippen LogP contribution in [0.2, 0.25) is 0 Å². The highest BCUT2D eigenvalue weighted by Crippen LogP contribution is 2.42. The molecule has 0 atom stereocenters. The minimum atomic E-state index is 0.141. The van der Waals surface area contributed by atoms with Crippen LogP contribution in [-0.2, 0) is 5.41 Å². The average molecular weight is 333 g/mol. The lowest BCUT2D eigenvalue weighted by molar-refractivity contribution is 0.112. The average Bonchev–Trinajstić information content (AvgIpc) is 2.59. The molecule has 24 heavy (non-hydrogen) atoms. The number of phenolic OH excluding ortho intramolecular Hbond substituents is 1. The topological polar surface area (TPSA) is 37.3 Å². The van der Waals surface area contributed by atoms with Gasteiger partial charge in [0.1, 0.15) is 5.75 Å². The van der Waals surface area contributed by atoms with Gasteiger partial charge in [-0.3, -0.25) is 4.79 Å².